The lowest BCUT2D eigenvalue weighted by Crippen LogP contribution is -2.56. The van der Waals surface area contributed by atoms with E-state index in [0.717, 1.165) is 11.1 Å². The molecule has 0 bridgehead atoms. The van der Waals surface area contributed by atoms with Crippen LogP contribution in [-0.2, 0) is 9.59 Å². The molecule has 32 heavy (non-hydrogen) atoms. The van der Waals surface area contributed by atoms with Gasteiger partial charge in [0.1, 0.15) is 0 Å². The van der Waals surface area contributed by atoms with Crippen molar-refractivity contribution in [1.82, 2.24) is 4.90 Å². The summed E-state index contributed by atoms with van der Waals surface area (Å²) in [6.45, 7) is 3.65. The molecule has 0 aromatic heterocycles. The van der Waals surface area contributed by atoms with E-state index in [0.29, 0.717) is 22.9 Å². The number of carbonyl (C=O) groups is 2. The number of benzene rings is 2. The largest absolute Gasteiger partial charge is 0.481 e. The Labute approximate surface area is 198 Å². The lowest BCUT2D eigenvalue weighted by Gasteiger charge is -2.51. The van der Waals surface area contributed by atoms with Gasteiger partial charge >= 0.3 is 5.97 Å². The third kappa shape index (κ3) is 4.92. The number of nitriles is 1. The van der Waals surface area contributed by atoms with Gasteiger partial charge in [-0.2, -0.15) is 5.26 Å². The van der Waals surface area contributed by atoms with Crippen LogP contribution in [0, 0.1) is 16.7 Å². The number of hydrogen-bond acceptors (Lipinski definition) is 3. The van der Waals surface area contributed by atoms with Crippen LogP contribution in [0.25, 0.3) is 0 Å². The molecule has 0 unspecified atom stereocenters. The number of nitrogens with zero attached hydrogens (tertiary/aromatic N) is 2. The number of hydrogen-bond donors (Lipinski definition) is 1. The highest BCUT2D eigenvalue weighted by Gasteiger charge is 2.52. The Bertz CT molecular complexity index is 1030. The Morgan fingerprint density at radius 3 is 2.47 bits per heavy atom. The van der Waals surface area contributed by atoms with Crippen molar-refractivity contribution < 1.29 is 14.7 Å². The molecule has 1 amide bonds. The molecule has 0 aliphatic carbocycles. The fourth-order valence-corrected chi connectivity index (χ4v) is 5.15. The number of likely N-dealkylation sites (tertiary alicyclic amines) is 1. The number of rotatable bonds is 7. The minimum Gasteiger partial charge on any atom is -0.481 e. The minimum atomic E-state index is -1.11. The van der Waals surface area contributed by atoms with Crippen LogP contribution < -0.4 is 0 Å². The van der Waals surface area contributed by atoms with Gasteiger partial charge in [-0.3, -0.25) is 9.59 Å². The summed E-state index contributed by atoms with van der Waals surface area (Å²) in [5, 5.41) is 20.2. The van der Waals surface area contributed by atoms with Gasteiger partial charge < -0.3 is 10.0 Å². The average Bonchev–Trinajstić information content (AvgIpc) is 2.74. The van der Waals surface area contributed by atoms with Gasteiger partial charge in [0.25, 0.3) is 0 Å². The van der Waals surface area contributed by atoms with E-state index in [1.807, 2.05) is 37.3 Å². The van der Waals surface area contributed by atoms with Crippen molar-refractivity contribution in [3.8, 4) is 6.07 Å². The molecule has 0 saturated carbocycles. The number of carbonyl (C=O) groups excluding carboxylic acids is 1. The molecular formula is C25H26Cl2N2O3. The zero-order valence-corrected chi connectivity index (χ0v) is 19.6. The number of piperidine rings is 1. The van der Waals surface area contributed by atoms with Crippen LogP contribution in [0.5, 0.6) is 0 Å². The SMILES string of the molecule is CC[C@@H](CC#N)N1C(=O)[C@@](C)(CC(=O)O)C[C@H](c2cccc(Cl)c2)[C@H]1c1ccc(Cl)cc1. The highest BCUT2D eigenvalue weighted by Crippen LogP contribution is 2.52. The van der Waals surface area contributed by atoms with Crippen molar-refractivity contribution in [2.24, 2.45) is 5.41 Å². The topological polar surface area (TPSA) is 81.4 Å². The maximum absolute atomic E-state index is 13.9. The predicted octanol–water partition coefficient (Wildman–Crippen LogP) is 6.22. The standard InChI is InChI=1S/C25H26Cl2N2O3/c1-3-20(11-12-28)29-23(16-7-9-18(26)10-8-16)21(17-5-4-6-19(27)13-17)14-25(2,24(29)32)15-22(30)31/h4-10,13,20-21,23H,3,11,14-15H2,1-2H3,(H,30,31)/t20-,21+,23+,25+/m0/s1. The summed E-state index contributed by atoms with van der Waals surface area (Å²) >= 11 is 12.4. The second-order valence-corrected chi connectivity index (χ2v) is 9.50. The molecule has 1 N–H and O–H groups in total. The van der Waals surface area contributed by atoms with Gasteiger partial charge in [-0.1, -0.05) is 61.3 Å². The first-order valence-electron chi connectivity index (χ1n) is 10.6. The van der Waals surface area contributed by atoms with Gasteiger partial charge in [0.15, 0.2) is 0 Å². The van der Waals surface area contributed by atoms with Gasteiger partial charge in [-0.05, 0) is 48.2 Å². The van der Waals surface area contributed by atoms with E-state index in [1.54, 1.807) is 30.0 Å². The van der Waals surface area contributed by atoms with E-state index < -0.39 is 11.4 Å². The fraction of sp³-hybridized carbons (Fsp3) is 0.400. The van der Waals surface area contributed by atoms with E-state index in [-0.39, 0.29) is 36.8 Å². The summed E-state index contributed by atoms with van der Waals surface area (Å²) in [5.41, 5.74) is 0.713. The summed E-state index contributed by atoms with van der Waals surface area (Å²) < 4.78 is 0. The first kappa shape index (κ1) is 24.1. The van der Waals surface area contributed by atoms with Crippen LogP contribution in [0.3, 0.4) is 0 Å². The molecule has 1 heterocycles. The van der Waals surface area contributed by atoms with Gasteiger partial charge in [0.2, 0.25) is 5.91 Å². The highest BCUT2D eigenvalue weighted by atomic mass is 35.5. The fourth-order valence-electron chi connectivity index (χ4n) is 4.83. The summed E-state index contributed by atoms with van der Waals surface area (Å²) in [7, 11) is 0. The maximum Gasteiger partial charge on any atom is 0.304 e. The molecule has 0 spiro atoms. The highest BCUT2D eigenvalue weighted by molar-refractivity contribution is 6.30. The molecule has 1 aliphatic rings. The molecule has 7 heteroatoms. The summed E-state index contributed by atoms with van der Waals surface area (Å²) in [6, 6.07) is 16.3. The van der Waals surface area contributed by atoms with Crippen LogP contribution in [-0.4, -0.2) is 27.9 Å². The van der Waals surface area contributed by atoms with E-state index in [9.17, 15) is 20.0 Å². The van der Waals surface area contributed by atoms with Gasteiger partial charge in [-0.15, -0.1) is 0 Å². The van der Waals surface area contributed by atoms with E-state index in [4.69, 9.17) is 23.2 Å². The molecule has 5 nitrogen and oxygen atoms in total. The Morgan fingerprint density at radius 2 is 1.91 bits per heavy atom. The molecule has 168 valence electrons. The second-order valence-electron chi connectivity index (χ2n) is 8.63. The molecule has 3 rings (SSSR count). The van der Waals surface area contributed by atoms with E-state index >= 15 is 0 Å². The van der Waals surface area contributed by atoms with Crippen LogP contribution in [0.4, 0.5) is 0 Å². The average molecular weight is 473 g/mol. The maximum atomic E-state index is 13.9. The summed E-state index contributed by atoms with van der Waals surface area (Å²) in [6.07, 6.45) is 0.813. The second kappa shape index (κ2) is 9.94. The van der Waals surface area contributed by atoms with E-state index in [1.165, 1.54) is 0 Å². The zero-order valence-electron chi connectivity index (χ0n) is 18.1. The lowest BCUT2D eigenvalue weighted by atomic mass is 9.67. The van der Waals surface area contributed by atoms with Crippen molar-refractivity contribution in [3.63, 3.8) is 0 Å². The van der Waals surface area contributed by atoms with Crippen LogP contribution in [0.1, 0.15) is 62.6 Å². The Hall–Kier alpha value is -2.55. The molecule has 2 aromatic rings. The third-order valence-electron chi connectivity index (χ3n) is 6.32. The van der Waals surface area contributed by atoms with Crippen molar-refractivity contribution in [3.05, 3.63) is 69.7 Å². The van der Waals surface area contributed by atoms with Crippen LogP contribution in [0.2, 0.25) is 10.0 Å². The quantitative estimate of drug-likeness (QED) is 0.517. The summed E-state index contributed by atoms with van der Waals surface area (Å²) in [4.78, 5) is 27.3. The molecule has 2 aromatic carbocycles. The Balaban J connectivity index is 2.24. The zero-order chi connectivity index (χ0) is 23.5. The van der Waals surface area contributed by atoms with Crippen molar-refractivity contribution in [2.45, 2.75) is 57.5 Å². The number of carboxylic acids is 1. The minimum absolute atomic E-state index is 0.164. The molecule has 0 radical (unpaired) electrons. The predicted molar refractivity (Wildman–Crippen MR) is 125 cm³/mol. The molecule has 1 aliphatic heterocycles. The molecule has 1 fully saturated rings. The van der Waals surface area contributed by atoms with Crippen molar-refractivity contribution >= 4 is 35.1 Å². The normalized spacial score (nSPS) is 24.1. The molecular weight excluding hydrogens is 447 g/mol. The number of aliphatic carboxylic acids is 1. The van der Waals surface area contributed by atoms with Gasteiger partial charge in [0.05, 0.1) is 30.4 Å². The van der Waals surface area contributed by atoms with Crippen LogP contribution >= 0.6 is 23.2 Å². The summed E-state index contributed by atoms with van der Waals surface area (Å²) in [5.74, 6) is -1.46. The molecule has 1 saturated heterocycles. The lowest BCUT2D eigenvalue weighted by molar-refractivity contribution is -0.160. The first-order valence-corrected chi connectivity index (χ1v) is 11.4. The number of halogens is 2. The van der Waals surface area contributed by atoms with E-state index in [2.05, 4.69) is 6.07 Å². The monoisotopic (exact) mass is 472 g/mol. The van der Waals surface area contributed by atoms with Gasteiger partial charge in [0, 0.05) is 22.0 Å². The Kier molecular flexibility index (Phi) is 7.48. The van der Waals surface area contributed by atoms with Crippen molar-refractivity contribution in [2.75, 3.05) is 0 Å². The first-order chi connectivity index (χ1) is 15.2. The van der Waals surface area contributed by atoms with Crippen molar-refractivity contribution in [1.29, 1.82) is 5.26 Å². The van der Waals surface area contributed by atoms with Gasteiger partial charge in [-0.25, -0.2) is 0 Å². The molecule has 4 atom stereocenters. The third-order valence-corrected chi connectivity index (χ3v) is 6.81. The number of amides is 1. The Morgan fingerprint density at radius 1 is 1.22 bits per heavy atom. The smallest absolute Gasteiger partial charge is 0.304 e. The number of carboxylic acid groups (broad SMARTS) is 1. The van der Waals surface area contributed by atoms with Crippen LogP contribution in [0.15, 0.2) is 48.5 Å².